The highest BCUT2D eigenvalue weighted by Crippen LogP contribution is 2.67. The zero-order chi connectivity index (χ0) is 28.3. The maximum absolute atomic E-state index is 12.0. The van der Waals surface area contributed by atoms with Crippen LogP contribution in [-0.4, -0.2) is 75.1 Å². The van der Waals surface area contributed by atoms with Gasteiger partial charge in [-0.25, -0.2) is 0 Å². The van der Waals surface area contributed by atoms with E-state index in [0.29, 0.717) is 17.8 Å². The van der Waals surface area contributed by atoms with Gasteiger partial charge in [-0.15, -0.1) is 0 Å². The molecule has 0 aromatic heterocycles. The van der Waals surface area contributed by atoms with Crippen LogP contribution >= 0.6 is 0 Å². The standard InChI is InChI=1S/C32H52O7/c1-17(2)7-6-8-18(3)24-27(36)29(39-30-28(37)26(35)23(34)16-38-30)25-21-10-9-19-15-20(33)11-13-31(19,4)22(21)12-14-32(24,25)5/h6,8-9,17-18,20-30,33-37H,7,10-16H2,1-5H3. The second kappa shape index (κ2) is 11.1. The maximum atomic E-state index is 12.0. The molecule has 5 N–H and O–H groups in total. The van der Waals surface area contributed by atoms with E-state index < -0.39 is 36.8 Å². The first-order chi connectivity index (χ1) is 18.4. The van der Waals surface area contributed by atoms with Crippen LogP contribution in [0.2, 0.25) is 0 Å². The van der Waals surface area contributed by atoms with Gasteiger partial charge in [0.05, 0.1) is 24.9 Å². The molecule has 4 aliphatic carbocycles. The molecule has 0 radical (unpaired) electrons. The lowest BCUT2D eigenvalue weighted by Crippen LogP contribution is -2.57. The Morgan fingerprint density at radius 1 is 1.03 bits per heavy atom. The van der Waals surface area contributed by atoms with Crippen molar-refractivity contribution in [3.63, 3.8) is 0 Å². The lowest BCUT2D eigenvalue weighted by molar-refractivity contribution is -0.296. The van der Waals surface area contributed by atoms with E-state index >= 15 is 0 Å². The van der Waals surface area contributed by atoms with Crippen LogP contribution in [0.3, 0.4) is 0 Å². The highest BCUT2D eigenvalue weighted by molar-refractivity contribution is 5.27. The number of fused-ring (bicyclic) bond motifs is 5. The van der Waals surface area contributed by atoms with Gasteiger partial charge in [-0.2, -0.15) is 0 Å². The summed E-state index contributed by atoms with van der Waals surface area (Å²) in [4.78, 5) is 0. The third kappa shape index (κ3) is 5.09. The van der Waals surface area contributed by atoms with Crippen molar-refractivity contribution in [2.24, 2.45) is 46.3 Å². The third-order valence-electron chi connectivity index (χ3n) is 11.6. The molecule has 5 aliphatic rings. The normalized spacial score (nSPS) is 50.8. The molecule has 5 rings (SSSR count). The molecule has 0 spiro atoms. The smallest absolute Gasteiger partial charge is 0.186 e. The van der Waals surface area contributed by atoms with Crippen molar-refractivity contribution in [1.82, 2.24) is 0 Å². The summed E-state index contributed by atoms with van der Waals surface area (Å²) in [5.41, 5.74) is 1.27. The van der Waals surface area contributed by atoms with E-state index in [1.54, 1.807) is 0 Å². The highest BCUT2D eigenvalue weighted by atomic mass is 16.7. The lowest BCUT2D eigenvalue weighted by atomic mass is 9.46. The topological polar surface area (TPSA) is 120 Å². The summed E-state index contributed by atoms with van der Waals surface area (Å²) >= 11 is 0. The molecule has 7 heteroatoms. The molecule has 14 atom stereocenters. The molecule has 0 bridgehead atoms. The van der Waals surface area contributed by atoms with Crippen LogP contribution in [-0.2, 0) is 9.47 Å². The van der Waals surface area contributed by atoms with Gasteiger partial charge in [-0.05, 0) is 91.3 Å². The fourth-order valence-electron chi connectivity index (χ4n) is 9.55. The molecule has 0 aromatic carbocycles. The fourth-order valence-corrected chi connectivity index (χ4v) is 9.55. The molecule has 7 nitrogen and oxygen atoms in total. The second-order valence-corrected chi connectivity index (χ2v) is 14.4. The van der Waals surface area contributed by atoms with Crippen molar-refractivity contribution in [1.29, 1.82) is 0 Å². The summed E-state index contributed by atoms with van der Waals surface area (Å²) in [5, 5.41) is 53.5. The number of aliphatic hydroxyl groups excluding tert-OH is 5. The van der Waals surface area contributed by atoms with Crippen molar-refractivity contribution in [3.8, 4) is 0 Å². The molecule has 222 valence electrons. The molecule has 1 heterocycles. The fraction of sp³-hybridized carbons (Fsp3) is 0.875. The molecule has 39 heavy (non-hydrogen) atoms. The SMILES string of the molecule is CC(C)CC=CC(C)C1C(O)C(OC2OCC(O)C(O)C2O)C2C3CC=C4CC(O)CCC4(C)C3CCC12C. The van der Waals surface area contributed by atoms with E-state index in [0.717, 1.165) is 44.9 Å². The van der Waals surface area contributed by atoms with E-state index in [1.165, 1.54) is 5.57 Å². The van der Waals surface area contributed by atoms with Gasteiger partial charge in [0.1, 0.15) is 18.3 Å². The summed E-state index contributed by atoms with van der Waals surface area (Å²) in [6, 6.07) is 0. The van der Waals surface area contributed by atoms with Gasteiger partial charge >= 0.3 is 0 Å². The van der Waals surface area contributed by atoms with Crippen LogP contribution in [0.15, 0.2) is 23.8 Å². The van der Waals surface area contributed by atoms with Crippen molar-refractivity contribution in [2.75, 3.05) is 6.61 Å². The van der Waals surface area contributed by atoms with Gasteiger partial charge in [0.15, 0.2) is 6.29 Å². The predicted octanol–water partition coefficient (Wildman–Crippen LogP) is 3.57. The zero-order valence-corrected chi connectivity index (χ0v) is 24.4. The van der Waals surface area contributed by atoms with Crippen LogP contribution in [0.25, 0.3) is 0 Å². The van der Waals surface area contributed by atoms with Gasteiger partial charge in [-0.1, -0.05) is 58.4 Å². The molecule has 0 aromatic rings. The Morgan fingerprint density at radius 3 is 2.49 bits per heavy atom. The first-order valence-electron chi connectivity index (χ1n) is 15.4. The molecular formula is C32H52O7. The van der Waals surface area contributed by atoms with Crippen LogP contribution in [0, 0.1) is 46.3 Å². The summed E-state index contributed by atoms with van der Waals surface area (Å²) in [5.74, 6) is 1.51. The van der Waals surface area contributed by atoms with Gasteiger partial charge in [0.2, 0.25) is 0 Å². The molecule has 14 unspecified atom stereocenters. The first-order valence-corrected chi connectivity index (χ1v) is 15.4. The Morgan fingerprint density at radius 2 is 1.77 bits per heavy atom. The molecule has 1 saturated heterocycles. The van der Waals surface area contributed by atoms with Gasteiger partial charge in [-0.3, -0.25) is 0 Å². The molecule has 1 aliphatic heterocycles. The lowest BCUT2D eigenvalue weighted by Gasteiger charge is -2.58. The highest BCUT2D eigenvalue weighted by Gasteiger charge is 2.66. The quantitative estimate of drug-likeness (QED) is 0.322. The van der Waals surface area contributed by atoms with Gasteiger partial charge in [0, 0.05) is 0 Å². The Hall–Kier alpha value is -0.800. The number of ether oxygens (including phenoxy) is 2. The van der Waals surface area contributed by atoms with Gasteiger partial charge < -0.3 is 35.0 Å². The zero-order valence-electron chi connectivity index (χ0n) is 24.4. The van der Waals surface area contributed by atoms with E-state index in [9.17, 15) is 25.5 Å². The van der Waals surface area contributed by atoms with E-state index in [1.807, 2.05) is 0 Å². The maximum Gasteiger partial charge on any atom is 0.186 e. The van der Waals surface area contributed by atoms with Crippen LogP contribution < -0.4 is 0 Å². The van der Waals surface area contributed by atoms with E-state index in [-0.39, 0.29) is 41.3 Å². The van der Waals surface area contributed by atoms with Crippen LogP contribution in [0.4, 0.5) is 0 Å². The molecule has 3 saturated carbocycles. The van der Waals surface area contributed by atoms with E-state index in [2.05, 4.69) is 52.8 Å². The predicted molar refractivity (Wildman–Crippen MR) is 148 cm³/mol. The minimum Gasteiger partial charge on any atom is -0.393 e. The van der Waals surface area contributed by atoms with Crippen molar-refractivity contribution in [2.45, 2.75) is 122 Å². The molecule has 0 amide bonds. The Kier molecular flexibility index (Phi) is 8.47. The number of allylic oxidation sites excluding steroid dienone is 3. The first kappa shape index (κ1) is 29.7. The summed E-state index contributed by atoms with van der Waals surface area (Å²) < 4.78 is 12.2. The number of hydrogen-bond acceptors (Lipinski definition) is 7. The van der Waals surface area contributed by atoms with Crippen molar-refractivity contribution < 1.29 is 35.0 Å². The minimum atomic E-state index is -1.38. The number of rotatable bonds is 6. The molecule has 4 fully saturated rings. The average Bonchev–Trinajstić information content (AvgIpc) is 3.10. The number of hydrogen-bond donors (Lipinski definition) is 5. The average molecular weight is 549 g/mol. The van der Waals surface area contributed by atoms with Crippen LogP contribution in [0.1, 0.15) is 79.6 Å². The minimum absolute atomic E-state index is 0.0144. The number of aliphatic hydroxyl groups is 5. The monoisotopic (exact) mass is 548 g/mol. The largest absolute Gasteiger partial charge is 0.393 e. The van der Waals surface area contributed by atoms with E-state index in [4.69, 9.17) is 9.47 Å². The van der Waals surface area contributed by atoms with Crippen molar-refractivity contribution >= 4 is 0 Å². The molecular weight excluding hydrogens is 496 g/mol. The Labute approximate surface area is 234 Å². The van der Waals surface area contributed by atoms with Crippen LogP contribution in [0.5, 0.6) is 0 Å². The summed E-state index contributed by atoms with van der Waals surface area (Å²) in [6.45, 7) is 11.2. The summed E-state index contributed by atoms with van der Waals surface area (Å²) in [7, 11) is 0. The van der Waals surface area contributed by atoms with Crippen molar-refractivity contribution in [3.05, 3.63) is 23.8 Å². The van der Waals surface area contributed by atoms with Gasteiger partial charge in [0.25, 0.3) is 0 Å². The summed E-state index contributed by atoms with van der Waals surface area (Å²) in [6.07, 6.45) is 6.85. The third-order valence-corrected chi connectivity index (χ3v) is 11.6. The Balaban J connectivity index is 1.49. The Bertz CT molecular complexity index is 933. The second-order valence-electron chi connectivity index (χ2n) is 14.4.